The van der Waals surface area contributed by atoms with Gasteiger partial charge in [0.15, 0.2) is 0 Å². The van der Waals surface area contributed by atoms with E-state index in [0.29, 0.717) is 30.7 Å². The number of fused-ring (bicyclic) bond motifs is 2. The summed E-state index contributed by atoms with van der Waals surface area (Å²) < 4.78 is 5.37. The average molecular weight is 254 g/mol. The summed E-state index contributed by atoms with van der Waals surface area (Å²) in [6, 6.07) is 1.59. The predicted octanol–water partition coefficient (Wildman–Crippen LogP) is 2.38. The Bertz CT molecular complexity index is 282. The SMILES string of the molecule is CCN(C(=O)OCC(C)C)C1CC2CCC(C1)N2. The number of rotatable bonds is 4. The normalized spacial score (nSPS) is 30.6. The van der Waals surface area contributed by atoms with Gasteiger partial charge in [-0.05, 0) is 38.5 Å². The Kier molecular flexibility index (Phi) is 4.49. The molecule has 0 aliphatic carbocycles. The van der Waals surface area contributed by atoms with Gasteiger partial charge in [-0.2, -0.15) is 0 Å². The van der Waals surface area contributed by atoms with E-state index in [1.165, 1.54) is 12.8 Å². The third-order valence-corrected chi connectivity index (χ3v) is 4.00. The fourth-order valence-electron chi connectivity index (χ4n) is 3.14. The Hall–Kier alpha value is -0.770. The minimum atomic E-state index is -0.127. The van der Waals surface area contributed by atoms with E-state index in [-0.39, 0.29) is 6.09 Å². The van der Waals surface area contributed by atoms with Crippen LogP contribution in [0.1, 0.15) is 46.5 Å². The molecule has 2 heterocycles. The summed E-state index contributed by atoms with van der Waals surface area (Å²) in [5.41, 5.74) is 0. The maximum absolute atomic E-state index is 12.1. The fraction of sp³-hybridized carbons (Fsp3) is 0.929. The molecule has 2 atom stereocenters. The lowest BCUT2D eigenvalue weighted by atomic mass is 9.98. The number of carbonyl (C=O) groups excluding carboxylic acids is 1. The molecule has 2 rings (SSSR count). The minimum Gasteiger partial charge on any atom is -0.449 e. The first kappa shape index (κ1) is 13.7. The van der Waals surface area contributed by atoms with Gasteiger partial charge < -0.3 is 15.0 Å². The Morgan fingerprint density at radius 2 is 1.94 bits per heavy atom. The summed E-state index contributed by atoms with van der Waals surface area (Å²) in [5, 5.41) is 3.61. The van der Waals surface area contributed by atoms with Crippen LogP contribution >= 0.6 is 0 Å². The van der Waals surface area contributed by atoms with Gasteiger partial charge >= 0.3 is 6.09 Å². The van der Waals surface area contributed by atoms with Crippen LogP contribution in [-0.2, 0) is 4.74 Å². The summed E-state index contributed by atoms with van der Waals surface area (Å²) in [4.78, 5) is 14.0. The van der Waals surface area contributed by atoms with Crippen LogP contribution in [0.3, 0.4) is 0 Å². The number of carbonyl (C=O) groups is 1. The average Bonchev–Trinajstić information content (AvgIpc) is 2.67. The van der Waals surface area contributed by atoms with Crippen molar-refractivity contribution >= 4 is 6.09 Å². The highest BCUT2D eigenvalue weighted by Gasteiger charge is 2.37. The predicted molar refractivity (Wildman–Crippen MR) is 71.5 cm³/mol. The highest BCUT2D eigenvalue weighted by molar-refractivity contribution is 5.68. The molecule has 0 aromatic rings. The molecule has 0 aromatic carbocycles. The molecule has 4 nitrogen and oxygen atoms in total. The second kappa shape index (κ2) is 5.91. The summed E-state index contributed by atoms with van der Waals surface area (Å²) in [5.74, 6) is 0.400. The smallest absolute Gasteiger partial charge is 0.410 e. The van der Waals surface area contributed by atoms with Crippen molar-refractivity contribution in [1.82, 2.24) is 10.2 Å². The second-order valence-electron chi connectivity index (χ2n) is 6.02. The maximum Gasteiger partial charge on any atom is 0.410 e. The maximum atomic E-state index is 12.1. The summed E-state index contributed by atoms with van der Waals surface area (Å²) >= 11 is 0. The van der Waals surface area contributed by atoms with E-state index in [9.17, 15) is 4.79 Å². The third kappa shape index (κ3) is 3.16. The molecule has 2 aliphatic heterocycles. The lowest BCUT2D eigenvalue weighted by Gasteiger charge is -2.36. The van der Waals surface area contributed by atoms with Crippen LogP contribution in [0.5, 0.6) is 0 Å². The standard InChI is InChI=1S/C14H26N2O2/c1-4-16(14(17)18-9-10(2)3)13-7-11-5-6-12(8-13)15-11/h10-13,15H,4-9H2,1-3H3. The number of ether oxygens (including phenoxy) is 1. The van der Waals surface area contributed by atoms with Crippen molar-refractivity contribution in [3.63, 3.8) is 0 Å². The van der Waals surface area contributed by atoms with Gasteiger partial charge in [-0.1, -0.05) is 13.8 Å². The van der Waals surface area contributed by atoms with Gasteiger partial charge in [-0.25, -0.2) is 4.79 Å². The van der Waals surface area contributed by atoms with Gasteiger partial charge in [0.2, 0.25) is 0 Å². The van der Waals surface area contributed by atoms with E-state index in [2.05, 4.69) is 19.2 Å². The Balaban J connectivity index is 1.89. The van der Waals surface area contributed by atoms with Gasteiger partial charge in [-0.3, -0.25) is 0 Å². The monoisotopic (exact) mass is 254 g/mol. The van der Waals surface area contributed by atoms with Crippen molar-refractivity contribution in [2.24, 2.45) is 5.92 Å². The van der Waals surface area contributed by atoms with E-state index in [0.717, 1.165) is 19.4 Å². The molecule has 0 aromatic heterocycles. The van der Waals surface area contributed by atoms with Crippen molar-refractivity contribution in [2.45, 2.75) is 64.6 Å². The Morgan fingerprint density at radius 1 is 1.33 bits per heavy atom. The van der Waals surface area contributed by atoms with Crippen LogP contribution in [-0.4, -0.2) is 42.3 Å². The summed E-state index contributed by atoms with van der Waals surface area (Å²) in [6.45, 7) is 7.44. The van der Waals surface area contributed by atoms with Crippen molar-refractivity contribution in [2.75, 3.05) is 13.2 Å². The first-order valence-corrected chi connectivity index (χ1v) is 7.29. The van der Waals surface area contributed by atoms with E-state index in [1.54, 1.807) is 0 Å². The quantitative estimate of drug-likeness (QED) is 0.837. The first-order valence-electron chi connectivity index (χ1n) is 7.29. The third-order valence-electron chi connectivity index (χ3n) is 4.00. The van der Waals surface area contributed by atoms with Crippen molar-refractivity contribution in [3.05, 3.63) is 0 Å². The van der Waals surface area contributed by atoms with Gasteiger partial charge in [-0.15, -0.1) is 0 Å². The molecule has 1 amide bonds. The van der Waals surface area contributed by atoms with Crippen molar-refractivity contribution < 1.29 is 9.53 Å². The molecular formula is C14H26N2O2. The zero-order valence-corrected chi connectivity index (χ0v) is 11.8. The molecule has 2 fully saturated rings. The largest absolute Gasteiger partial charge is 0.449 e. The molecule has 2 unspecified atom stereocenters. The Labute approximate surface area is 110 Å². The van der Waals surface area contributed by atoms with Crippen LogP contribution in [0.4, 0.5) is 4.79 Å². The van der Waals surface area contributed by atoms with E-state index in [4.69, 9.17) is 4.74 Å². The molecule has 0 spiro atoms. The number of hydrogen-bond acceptors (Lipinski definition) is 3. The van der Waals surface area contributed by atoms with Crippen molar-refractivity contribution in [3.8, 4) is 0 Å². The number of piperidine rings is 1. The first-order chi connectivity index (χ1) is 8.60. The molecule has 4 heteroatoms. The second-order valence-corrected chi connectivity index (χ2v) is 6.02. The summed E-state index contributed by atoms with van der Waals surface area (Å²) in [6.07, 6.45) is 4.57. The van der Waals surface area contributed by atoms with Gasteiger partial charge in [0.25, 0.3) is 0 Å². The minimum absolute atomic E-state index is 0.127. The van der Waals surface area contributed by atoms with Gasteiger partial charge in [0.05, 0.1) is 6.61 Å². The fourth-order valence-corrected chi connectivity index (χ4v) is 3.14. The Morgan fingerprint density at radius 3 is 2.44 bits per heavy atom. The van der Waals surface area contributed by atoms with E-state index in [1.807, 2.05) is 11.8 Å². The van der Waals surface area contributed by atoms with Crippen LogP contribution in [0.2, 0.25) is 0 Å². The highest BCUT2D eigenvalue weighted by Crippen LogP contribution is 2.30. The zero-order chi connectivity index (χ0) is 13.1. The highest BCUT2D eigenvalue weighted by atomic mass is 16.6. The van der Waals surface area contributed by atoms with Crippen LogP contribution in [0.15, 0.2) is 0 Å². The lowest BCUT2D eigenvalue weighted by Crippen LogP contribution is -2.50. The number of amides is 1. The molecule has 0 saturated carbocycles. The molecule has 0 radical (unpaired) electrons. The number of nitrogens with one attached hydrogen (secondary N) is 1. The van der Waals surface area contributed by atoms with Gasteiger partial charge in [0, 0.05) is 24.7 Å². The molecule has 18 heavy (non-hydrogen) atoms. The van der Waals surface area contributed by atoms with Crippen molar-refractivity contribution in [1.29, 1.82) is 0 Å². The van der Waals surface area contributed by atoms with Crippen LogP contribution in [0.25, 0.3) is 0 Å². The number of nitrogens with zero attached hydrogens (tertiary/aromatic N) is 1. The van der Waals surface area contributed by atoms with E-state index < -0.39 is 0 Å². The molecular weight excluding hydrogens is 228 g/mol. The molecule has 2 saturated heterocycles. The van der Waals surface area contributed by atoms with Gasteiger partial charge in [0.1, 0.15) is 0 Å². The zero-order valence-electron chi connectivity index (χ0n) is 11.8. The lowest BCUT2D eigenvalue weighted by molar-refractivity contribution is 0.0683. The van der Waals surface area contributed by atoms with E-state index >= 15 is 0 Å². The topological polar surface area (TPSA) is 41.6 Å². The summed E-state index contributed by atoms with van der Waals surface area (Å²) in [7, 11) is 0. The molecule has 1 N–H and O–H groups in total. The molecule has 2 aliphatic rings. The van der Waals surface area contributed by atoms with Crippen LogP contribution < -0.4 is 5.32 Å². The molecule has 104 valence electrons. The number of hydrogen-bond donors (Lipinski definition) is 1. The molecule has 2 bridgehead atoms. The van der Waals surface area contributed by atoms with Crippen LogP contribution in [0, 0.1) is 5.92 Å².